The van der Waals surface area contributed by atoms with E-state index >= 15 is 0 Å². The van der Waals surface area contributed by atoms with Gasteiger partial charge in [-0.2, -0.15) is 0 Å². The molecule has 5 nitrogen and oxygen atoms in total. The number of pyridine rings is 1. The molecular weight excluding hydrogens is 336 g/mol. The number of fused-ring (bicyclic) bond motifs is 1. The molecular formula is C22H30N4O. The summed E-state index contributed by atoms with van der Waals surface area (Å²) in [5.74, 6) is 0.0285. The molecule has 0 radical (unpaired) electrons. The second-order valence-electron chi connectivity index (χ2n) is 8.59. The number of rotatable bonds is 5. The van der Waals surface area contributed by atoms with Crippen LogP contribution in [0.2, 0.25) is 0 Å². The van der Waals surface area contributed by atoms with Crippen molar-refractivity contribution in [2.75, 3.05) is 46.3 Å². The molecule has 1 aliphatic heterocycles. The van der Waals surface area contributed by atoms with Crippen molar-refractivity contribution >= 4 is 16.8 Å². The lowest BCUT2D eigenvalue weighted by Gasteiger charge is -2.34. The Hall–Kier alpha value is -1.98. The van der Waals surface area contributed by atoms with Crippen molar-refractivity contribution in [2.45, 2.75) is 26.7 Å². The standard InChI is InChI=1S/C22H30N4O/c1-16-4-5-20-18(12-16)19(13-17(2)24-20)21(27)23-14-22(6-7-22)15-26-10-8-25(3)9-11-26/h4-5,12-13H,6-11,14-15H2,1-3H3,(H,23,27). The van der Waals surface area contributed by atoms with Crippen molar-refractivity contribution in [1.82, 2.24) is 20.1 Å². The molecule has 1 N–H and O–H groups in total. The third kappa shape index (κ3) is 4.14. The number of carbonyl (C=O) groups is 1. The topological polar surface area (TPSA) is 48.5 Å². The van der Waals surface area contributed by atoms with Gasteiger partial charge in [0.1, 0.15) is 0 Å². The summed E-state index contributed by atoms with van der Waals surface area (Å²) in [5, 5.41) is 4.18. The predicted molar refractivity (Wildman–Crippen MR) is 109 cm³/mol. The Labute approximate surface area is 161 Å². The second kappa shape index (κ2) is 7.21. The van der Waals surface area contributed by atoms with E-state index in [1.165, 1.54) is 12.8 Å². The Balaban J connectivity index is 1.44. The van der Waals surface area contributed by atoms with Crippen molar-refractivity contribution in [3.8, 4) is 0 Å². The number of hydrogen-bond donors (Lipinski definition) is 1. The molecule has 5 heteroatoms. The molecule has 0 spiro atoms. The summed E-state index contributed by atoms with van der Waals surface area (Å²) in [5.41, 5.74) is 3.95. The van der Waals surface area contributed by atoms with Crippen LogP contribution in [0, 0.1) is 19.3 Å². The lowest BCUT2D eigenvalue weighted by Crippen LogP contribution is -2.47. The van der Waals surface area contributed by atoms with Gasteiger partial charge in [0, 0.05) is 55.8 Å². The smallest absolute Gasteiger partial charge is 0.252 e. The van der Waals surface area contributed by atoms with E-state index in [1.807, 2.05) is 25.1 Å². The number of nitrogens with one attached hydrogen (secondary N) is 1. The van der Waals surface area contributed by atoms with E-state index in [-0.39, 0.29) is 11.3 Å². The van der Waals surface area contributed by atoms with Gasteiger partial charge in [-0.15, -0.1) is 0 Å². The molecule has 1 saturated heterocycles. The van der Waals surface area contributed by atoms with Gasteiger partial charge in [0.15, 0.2) is 0 Å². The molecule has 1 aliphatic carbocycles. The number of piperazine rings is 1. The lowest BCUT2D eigenvalue weighted by atomic mass is 10.0. The highest BCUT2D eigenvalue weighted by molar-refractivity contribution is 6.06. The summed E-state index contributed by atoms with van der Waals surface area (Å²) in [6, 6.07) is 8.03. The summed E-state index contributed by atoms with van der Waals surface area (Å²) < 4.78 is 0. The first-order valence-corrected chi connectivity index (χ1v) is 10.0. The van der Waals surface area contributed by atoms with E-state index in [0.29, 0.717) is 0 Å². The summed E-state index contributed by atoms with van der Waals surface area (Å²) in [6.07, 6.45) is 2.43. The van der Waals surface area contributed by atoms with Crippen LogP contribution in [0.1, 0.15) is 34.5 Å². The molecule has 0 unspecified atom stereocenters. The van der Waals surface area contributed by atoms with Crippen molar-refractivity contribution in [3.63, 3.8) is 0 Å². The van der Waals surface area contributed by atoms with E-state index < -0.39 is 0 Å². The van der Waals surface area contributed by atoms with Crippen LogP contribution in [0.4, 0.5) is 0 Å². The fraction of sp³-hybridized carbons (Fsp3) is 0.545. The van der Waals surface area contributed by atoms with Crippen molar-refractivity contribution in [3.05, 3.63) is 41.1 Å². The molecule has 0 atom stereocenters. The molecule has 1 saturated carbocycles. The highest BCUT2D eigenvalue weighted by Crippen LogP contribution is 2.45. The second-order valence-corrected chi connectivity index (χ2v) is 8.59. The summed E-state index contributed by atoms with van der Waals surface area (Å²) in [7, 11) is 2.19. The van der Waals surface area contributed by atoms with Gasteiger partial charge in [-0.1, -0.05) is 11.6 Å². The predicted octanol–water partition coefficient (Wildman–Crippen LogP) is 2.61. The van der Waals surface area contributed by atoms with Gasteiger partial charge >= 0.3 is 0 Å². The molecule has 27 heavy (non-hydrogen) atoms. The van der Waals surface area contributed by atoms with Crippen LogP contribution in [0.25, 0.3) is 10.9 Å². The Kier molecular flexibility index (Phi) is 4.91. The maximum absolute atomic E-state index is 13.0. The van der Waals surface area contributed by atoms with E-state index in [1.54, 1.807) is 0 Å². The Morgan fingerprint density at radius 2 is 1.89 bits per heavy atom. The van der Waals surface area contributed by atoms with Crippen LogP contribution in [0.15, 0.2) is 24.3 Å². The van der Waals surface area contributed by atoms with Gasteiger partial charge in [-0.25, -0.2) is 0 Å². The van der Waals surface area contributed by atoms with Crippen LogP contribution in [-0.2, 0) is 0 Å². The zero-order valence-electron chi connectivity index (χ0n) is 16.7. The molecule has 2 fully saturated rings. The molecule has 2 heterocycles. The van der Waals surface area contributed by atoms with Gasteiger partial charge in [0.05, 0.1) is 11.1 Å². The van der Waals surface area contributed by atoms with Gasteiger partial charge in [0.2, 0.25) is 0 Å². The first-order valence-electron chi connectivity index (χ1n) is 10.0. The van der Waals surface area contributed by atoms with Crippen LogP contribution in [0.3, 0.4) is 0 Å². The highest BCUT2D eigenvalue weighted by Gasteiger charge is 2.44. The monoisotopic (exact) mass is 366 g/mol. The van der Waals surface area contributed by atoms with Crippen molar-refractivity contribution in [1.29, 1.82) is 0 Å². The van der Waals surface area contributed by atoms with Crippen LogP contribution in [-0.4, -0.2) is 67.0 Å². The Morgan fingerprint density at radius 1 is 1.15 bits per heavy atom. The number of aryl methyl sites for hydroxylation is 2. The zero-order valence-corrected chi connectivity index (χ0v) is 16.7. The maximum Gasteiger partial charge on any atom is 0.252 e. The van der Waals surface area contributed by atoms with Crippen molar-refractivity contribution < 1.29 is 4.79 Å². The number of nitrogens with zero attached hydrogens (tertiary/aromatic N) is 3. The Bertz CT molecular complexity index is 851. The minimum absolute atomic E-state index is 0.0285. The number of carbonyl (C=O) groups excluding carboxylic acids is 1. The van der Waals surface area contributed by atoms with Crippen LogP contribution >= 0.6 is 0 Å². The SMILES string of the molecule is Cc1ccc2nc(C)cc(C(=O)NCC3(CN4CCN(C)CC4)CC3)c2c1. The zero-order chi connectivity index (χ0) is 19.0. The molecule has 1 aromatic carbocycles. The molecule has 4 rings (SSSR count). The molecule has 1 amide bonds. The van der Waals surface area contributed by atoms with E-state index in [2.05, 4.69) is 40.1 Å². The lowest BCUT2D eigenvalue weighted by molar-refractivity contribution is 0.0928. The quantitative estimate of drug-likeness (QED) is 0.884. The normalized spacial score (nSPS) is 20.0. The molecule has 2 aliphatic rings. The highest BCUT2D eigenvalue weighted by atomic mass is 16.1. The minimum Gasteiger partial charge on any atom is -0.351 e. The molecule has 144 valence electrons. The summed E-state index contributed by atoms with van der Waals surface area (Å²) in [6.45, 7) is 10.4. The minimum atomic E-state index is 0.0285. The third-order valence-electron chi connectivity index (χ3n) is 6.07. The average molecular weight is 367 g/mol. The fourth-order valence-corrected chi connectivity index (χ4v) is 4.07. The number of benzene rings is 1. The number of aromatic nitrogens is 1. The van der Waals surface area contributed by atoms with Crippen LogP contribution in [0.5, 0.6) is 0 Å². The molecule has 2 aromatic rings. The van der Waals surface area contributed by atoms with Gasteiger partial charge in [-0.3, -0.25) is 9.78 Å². The van der Waals surface area contributed by atoms with E-state index in [0.717, 1.165) is 67.0 Å². The first kappa shape index (κ1) is 18.4. The van der Waals surface area contributed by atoms with E-state index in [4.69, 9.17) is 0 Å². The van der Waals surface area contributed by atoms with Crippen molar-refractivity contribution in [2.24, 2.45) is 5.41 Å². The maximum atomic E-state index is 13.0. The number of amides is 1. The first-order chi connectivity index (χ1) is 12.9. The largest absolute Gasteiger partial charge is 0.351 e. The summed E-state index contributed by atoms with van der Waals surface area (Å²) in [4.78, 5) is 22.5. The number of hydrogen-bond acceptors (Lipinski definition) is 4. The fourth-order valence-electron chi connectivity index (χ4n) is 4.07. The average Bonchev–Trinajstić information content (AvgIpc) is 3.41. The number of likely N-dealkylation sites (N-methyl/N-ethyl adjacent to an activating group) is 1. The third-order valence-corrected chi connectivity index (χ3v) is 6.07. The van der Waals surface area contributed by atoms with Gasteiger partial charge in [-0.05, 0) is 51.9 Å². The van der Waals surface area contributed by atoms with Gasteiger partial charge in [0.25, 0.3) is 5.91 Å². The molecule has 0 bridgehead atoms. The van der Waals surface area contributed by atoms with E-state index in [9.17, 15) is 4.79 Å². The van der Waals surface area contributed by atoms with Crippen LogP contribution < -0.4 is 5.32 Å². The molecule has 1 aromatic heterocycles. The summed E-state index contributed by atoms with van der Waals surface area (Å²) >= 11 is 0. The Morgan fingerprint density at radius 3 is 2.59 bits per heavy atom. The van der Waals surface area contributed by atoms with Gasteiger partial charge < -0.3 is 15.1 Å².